The molecule has 3 rings (SSSR count). The quantitative estimate of drug-likeness (QED) is 0.331. The van der Waals surface area contributed by atoms with Gasteiger partial charge in [0.15, 0.2) is 11.6 Å². The van der Waals surface area contributed by atoms with Crippen LogP contribution < -0.4 is 4.74 Å². The molecular weight excluding hydrogens is 390 g/mol. The maximum atomic E-state index is 14.6. The van der Waals surface area contributed by atoms with Gasteiger partial charge in [0.1, 0.15) is 13.3 Å². The Bertz CT molecular complexity index is 940. The van der Waals surface area contributed by atoms with Crippen LogP contribution in [0.4, 0.5) is 8.78 Å². The molecule has 29 heavy (non-hydrogen) atoms. The lowest BCUT2D eigenvalue weighted by atomic mass is 10.1. The summed E-state index contributed by atoms with van der Waals surface area (Å²) >= 11 is 0. The van der Waals surface area contributed by atoms with Gasteiger partial charge in [0.05, 0.1) is 6.20 Å². The Morgan fingerprint density at radius 2 is 1.76 bits per heavy atom. The van der Waals surface area contributed by atoms with E-state index in [-0.39, 0.29) is 24.7 Å². The van der Waals surface area contributed by atoms with E-state index in [0.717, 1.165) is 11.6 Å². The zero-order valence-corrected chi connectivity index (χ0v) is 18.0. The van der Waals surface area contributed by atoms with Crippen molar-refractivity contribution in [2.75, 3.05) is 6.61 Å². The zero-order valence-electron chi connectivity index (χ0n) is 17.0. The van der Waals surface area contributed by atoms with E-state index in [0.29, 0.717) is 12.2 Å². The number of rotatable bonds is 9. The molecule has 3 aromatic rings. The average Bonchev–Trinajstić information content (AvgIpc) is 3.15. The SMILES string of the molecule is C[Si](C)(C)CCOCn1cc(-c2ccc(OCc3ccccc3)c(F)c2F)cn1. The van der Waals surface area contributed by atoms with Crippen molar-refractivity contribution in [3.05, 3.63) is 72.1 Å². The third-order valence-electron chi connectivity index (χ3n) is 4.45. The van der Waals surface area contributed by atoms with Crippen molar-refractivity contribution >= 4 is 8.07 Å². The summed E-state index contributed by atoms with van der Waals surface area (Å²) in [7, 11) is -1.15. The molecule has 0 spiro atoms. The number of ether oxygens (including phenoxy) is 2. The maximum absolute atomic E-state index is 14.6. The molecule has 1 heterocycles. The first kappa shape index (κ1) is 21.2. The third kappa shape index (κ3) is 5.98. The fourth-order valence-corrected chi connectivity index (χ4v) is 3.47. The highest BCUT2D eigenvalue weighted by molar-refractivity contribution is 6.76. The van der Waals surface area contributed by atoms with Crippen molar-refractivity contribution < 1.29 is 18.3 Å². The first-order valence-corrected chi connectivity index (χ1v) is 13.3. The minimum atomic E-state index is -1.15. The average molecular weight is 417 g/mol. The number of hydrogen-bond acceptors (Lipinski definition) is 3. The largest absolute Gasteiger partial charge is 0.486 e. The Morgan fingerprint density at radius 1 is 1.00 bits per heavy atom. The lowest BCUT2D eigenvalue weighted by Gasteiger charge is -2.15. The molecule has 0 fully saturated rings. The summed E-state index contributed by atoms with van der Waals surface area (Å²) < 4.78 is 41.7. The third-order valence-corrected chi connectivity index (χ3v) is 6.15. The number of hydrogen-bond donors (Lipinski definition) is 0. The van der Waals surface area contributed by atoms with Crippen molar-refractivity contribution in [1.82, 2.24) is 9.78 Å². The van der Waals surface area contributed by atoms with Crippen LogP contribution in [0.25, 0.3) is 11.1 Å². The Morgan fingerprint density at radius 3 is 2.48 bits per heavy atom. The minimum Gasteiger partial charge on any atom is -0.486 e. The molecule has 1 aromatic heterocycles. The first-order valence-electron chi connectivity index (χ1n) is 9.59. The van der Waals surface area contributed by atoms with E-state index in [1.807, 2.05) is 30.3 Å². The molecule has 0 saturated carbocycles. The van der Waals surface area contributed by atoms with Crippen molar-refractivity contribution in [2.45, 2.75) is 39.0 Å². The number of benzene rings is 2. The van der Waals surface area contributed by atoms with Gasteiger partial charge in [-0.2, -0.15) is 9.49 Å². The summed E-state index contributed by atoms with van der Waals surface area (Å²) in [6, 6.07) is 13.4. The van der Waals surface area contributed by atoms with E-state index in [1.54, 1.807) is 10.9 Å². The van der Waals surface area contributed by atoms with Crippen LogP contribution in [0.5, 0.6) is 5.75 Å². The Kier molecular flexibility index (Phi) is 6.82. The van der Waals surface area contributed by atoms with Crippen LogP contribution in [-0.2, 0) is 18.1 Å². The predicted molar refractivity (Wildman–Crippen MR) is 112 cm³/mol. The second kappa shape index (κ2) is 9.32. The van der Waals surface area contributed by atoms with Crippen molar-refractivity contribution in [3.63, 3.8) is 0 Å². The molecule has 154 valence electrons. The molecule has 4 nitrogen and oxygen atoms in total. The summed E-state index contributed by atoms with van der Waals surface area (Å²) in [4.78, 5) is 0. The second-order valence-corrected chi connectivity index (χ2v) is 13.8. The van der Waals surface area contributed by atoms with Gasteiger partial charge in [-0.3, -0.25) is 0 Å². The number of nitrogens with zero attached hydrogens (tertiary/aromatic N) is 2. The maximum Gasteiger partial charge on any atom is 0.201 e. The summed E-state index contributed by atoms with van der Waals surface area (Å²) in [6.45, 7) is 7.98. The van der Waals surface area contributed by atoms with Gasteiger partial charge in [0.25, 0.3) is 0 Å². The number of halogens is 2. The minimum absolute atomic E-state index is 0.114. The molecule has 0 unspecified atom stereocenters. The fraction of sp³-hybridized carbons (Fsp3) is 0.318. The zero-order chi connectivity index (χ0) is 20.9. The topological polar surface area (TPSA) is 36.3 Å². The number of aromatic nitrogens is 2. The van der Waals surface area contributed by atoms with E-state index in [2.05, 4.69) is 24.7 Å². The Hall–Kier alpha value is -2.51. The smallest absolute Gasteiger partial charge is 0.201 e. The Labute approximate surface area is 171 Å². The van der Waals surface area contributed by atoms with Crippen molar-refractivity contribution in [1.29, 1.82) is 0 Å². The van der Waals surface area contributed by atoms with Gasteiger partial charge in [-0.05, 0) is 23.7 Å². The highest BCUT2D eigenvalue weighted by Crippen LogP contribution is 2.30. The monoisotopic (exact) mass is 416 g/mol. The normalized spacial score (nSPS) is 11.6. The van der Waals surface area contributed by atoms with E-state index < -0.39 is 19.7 Å². The standard InChI is InChI=1S/C22H26F2N2O2Si/c1-29(2,3)12-11-27-16-26-14-18(13-25-26)19-9-10-20(22(24)21(19)23)28-15-17-7-5-4-6-8-17/h4-10,13-14H,11-12,15-16H2,1-3H3. The lowest BCUT2D eigenvalue weighted by Crippen LogP contribution is -2.22. The van der Waals surface area contributed by atoms with Crippen LogP contribution in [0.3, 0.4) is 0 Å². The van der Waals surface area contributed by atoms with E-state index >= 15 is 0 Å². The van der Waals surface area contributed by atoms with Crippen LogP contribution in [0.2, 0.25) is 25.7 Å². The van der Waals surface area contributed by atoms with Gasteiger partial charge < -0.3 is 9.47 Å². The molecule has 0 radical (unpaired) electrons. The summed E-state index contributed by atoms with van der Waals surface area (Å²) in [5.74, 6) is -2.07. The van der Waals surface area contributed by atoms with Crippen molar-refractivity contribution in [2.24, 2.45) is 0 Å². The molecule has 2 aromatic carbocycles. The van der Waals surface area contributed by atoms with E-state index in [9.17, 15) is 8.78 Å². The molecule has 0 atom stereocenters. The van der Waals surface area contributed by atoms with E-state index in [4.69, 9.17) is 9.47 Å². The van der Waals surface area contributed by atoms with Gasteiger partial charge >= 0.3 is 0 Å². The van der Waals surface area contributed by atoms with Crippen LogP contribution in [0.1, 0.15) is 5.56 Å². The summed E-state index contributed by atoms with van der Waals surface area (Å²) in [5.41, 5.74) is 1.51. The summed E-state index contributed by atoms with van der Waals surface area (Å²) in [5, 5.41) is 4.18. The van der Waals surface area contributed by atoms with Crippen LogP contribution >= 0.6 is 0 Å². The van der Waals surface area contributed by atoms with E-state index in [1.165, 1.54) is 18.3 Å². The molecule has 0 aliphatic heterocycles. The molecule has 0 aliphatic rings. The molecule has 0 bridgehead atoms. The highest BCUT2D eigenvalue weighted by atomic mass is 28.3. The van der Waals surface area contributed by atoms with Gasteiger partial charge in [0, 0.05) is 32.0 Å². The van der Waals surface area contributed by atoms with Gasteiger partial charge in [-0.15, -0.1) is 0 Å². The second-order valence-electron chi connectivity index (χ2n) is 8.13. The molecular formula is C22H26F2N2O2Si. The lowest BCUT2D eigenvalue weighted by molar-refractivity contribution is 0.0786. The van der Waals surface area contributed by atoms with Gasteiger partial charge in [-0.1, -0.05) is 50.0 Å². The van der Waals surface area contributed by atoms with Crippen molar-refractivity contribution in [3.8, 4) is 16.9 Å². The predicted octanol–water partition coefficient (Wildman–Crippen LogP) is 5.72. The fourth-order valence-electron chi connectivity index (χ4n) is 2.71. The molecule has 0 amide bonds. The Balaban J connectivity index is 1.64. The summed E-state index contributed by atoms with van der Waals surface area (Å²) in [6.07, 6.45) is 3.15. The van der Waals surface area contributed by atoms with Crippen LogP contribution in [0, 0.1) is 11.6 Å². The van der Waals surface area contributed by atoms with Crippen LogP contribution in [0.15, 0.2) is 54.9 Å². The molecule has 0 aliphatic carbocycles. The molecule has 7 heteroatoms. The van der Waals surface area contributed by atoms with Crippen LogP contribution in [-0.4, -0.2) is 24.5 Å². The molecule has 0 saturated heterocycles. The molecule has 0 N–H and O–H groups in total. The highest BCUT2D eigenvalue weighted by Gasteiger charge is 2.17. The first-order chi connectivity index (χ1) is 13.8. The van der Waals surface area contributed by atoms with Gasteiger partial charge in [-0.25, -0.2) is 9.07 Å². The van der Waals surface area contributed by atoms with Gasteiger partial charge in [0.2, 0.25) is 5.82 Å².